The molecule has 0 bridgehead atoms. The van der Waals surface area contributed by atoms with Crippen LogP contribution in [-0.2, 0) is 0 Å². The van der Waals surface area contributed by atoms with Gasteiger partial charge in [-0.1, -0.05) is 36.4 Å². The van der Waals surface area contributed by atoms with E-state index in [-0.39, 0.29) is 0 Å². The van der Waals surface area contributed by atoms with Gasteiger partial charge in [-0.2, -0.15) is 0 Å². The highest BCUT2D eigenvalue weighted by atomic mass is 15.1. The zero-order valence-electron chi connectivity index (χ0n) is 12.4. The van der Waals surface area contributed by atoms with Gasteiger partial charge in [-0.15, -0.1) is 0 Å². The third kappa shape index (κ3) is 3.79. The minimum atomic E-state index is 0.375. The molecule has 2 rings (SSSR count). The summed E-state index contributed by atoms with van der Waals surface area (Å²) in [5.41, 5.74) is 1.35. The summed E-state index contributed by atoms with van der Waals surface area (Å²) >= 11 is 0. The SMILES string of the molecule is CC(CN(C)C)NC(C)c1ccc2ccccc2c1. The average molecular weight is 256 g/mol. The summed E-state index contributed by atoms with van der Waals surface area (Å²) in [5, 5.41) is 6.27. The Kier molecular flexibility index (Phi) is 4.56. The Morgan fingerprint density at radius 1 is 1.00 bits per heavy atom. The molecule has 0 amide bonds. The predicted molar refractivity (Wildman–Crippen MR) is 83.5 cm³/mol. The summed E-state index contributed by atoms with van der Waals surface area (Å²) in [5.74, 6) is 0. The Hall–Kier alpha value is -1.38. The van der Waals surface area contributed by atoms with Gasteiger partial charge in [0.2, 0.25) is 0 Å². The normalized spacial score (nSPS) is 14.8. The lowest BCUT2D eigenvalue weighted by Gasteiger charge is -2.23. The number of hydrogen-bond donors (Lipinski definition) is 1. The molecule has 1 N–H and O–H groups in total. The fourth-order valence-corrected chi connectivity index (χ4v) is 2.60. The second-order valence-electron chi connectivity index (χ2n) is 5.66. The van der Waals surface area contributed by atoms with Crippen LogP contribution in [0.5, 0.6) is 0 Å². The molecule has 0 heterocycles. The van der Waals surface area contributed by atoms with Gasteiger partial charge in [0.05, 0.1) is 0 Å². The highest BCUT2D eigenvalue weighted by Gasteiger charge is 2.10. The Morgan fingerprint density at radius 3 is 2.37 bits per heavy atom. The second-order valence-corrected chi connectivity index (χ2v) is 5.66. The van der Waals surface area contributed by atoms with Crippen molar-refractivity contribution in [2.75, 3.05) is 20.6 Å². The monoisotopic (exact) mass is 256 g/mol. The van der Waals surface area contributed by atoms with E-state index in [9.17, 15) is 0 Å². The molecular weight excluding hydrogens is 232 g/mol. The molecule has 2 aromatic carbocycles. The Morgan fingerprint density at radius 2 is 1.68 bits per heavy atom. The van der Waals surface area contributed by atoms with Gasteiger partial charge >= 0.3 is 0 Å². The van der Waals surface area contributed by atoms with E-state index in [1.54, 1.807) is 0 Å². The molecule has 2 heteroatoms. The van der Waals surface area contributed by atoms with Crippen LogP contribution < -0.4 is 5.32 Å². The van der Waals surface area contributed by atoms with Crippen LogP contribution in [0.2, 0.25) is 0 Å². The van der Waals surface area contributed by atoms with Gasteiger partial charge < -0.3 is 10.2 Å². The number of likely N-dealkylation sites (N-methyl/N-ethyl adjacent to an activating group) is 1. The largest absolute Gasteiger partial charge is 0.308 e. The van der Waals surface area contributed by atoms with E-state index in [4.69, 9.17) is 0 Å². The fraction of sp³-hybridized carbons (Fsp3) is 0.412. The highest BCUT2D eigenvalue weighted by Crippen LogP contribution is 2.20. The van der Waals surface area contributed by atoms with Gasteiger partial charge in [-0.25, -0.2) is 0 Å². The molecule has 0 fully saturated rings. The van der Waals surface area contributed by atoms with E-state index in [2.05, 4.69) is 80.6 Å². The molecular formula is C17H24N2. The minimum absolute atomic E-state index is 0.375. The molecule has 0 radical (unpaired) electrons. The number of nitrogens with zero attached hydrogens (tertiary/aromatic N) is 1. The van der Waals surface area contributed by atoms with Crippen molar-refractivity contribution in [3.05, 3.63) is 48.0 Å². The van der Waals surface area contributed by atoms with E-state index in [1.807, 2.05) is 0 Å². The first kappa shape index (κ1) is 14.0. The van der Waals surface area contributed by atoms with Gasteiger partial charge in [0, 0.05) is 18.6 Å². The van der Waals surface area contributed by atoms with E-state index >= 15 is 0 Å². The lowest BCUT2D eigenvalue weighted by molar-refractivity contribution is 0.334. The third-order valence-corrected chi connectivity index (χ3v) is 3.45. The number of rotatable bonds is 5. The topological polar surface area (TPSA) is 15.3 Å². The van der Waals surface area contributed by atoms with Crippen molar-refractivity contribution in [2.45, 2.75) is 25.9 Å². The van der Waals surface area contributed by atoms with Gasteiger partial charge in [0.15, 0.2) is 0 Å². The molecule has 0 spiro atoms. The summed E-state index contributed by atoms with van der Waals surface area (Å²) in [6, 6.07) is 16.1. The van der Waals surface area contributed by atoms with Crippen LogP contribution in [0, 0.1) is 0 Å². The lowest BCUT2D eigenvalue weighted by Crippen LogP contribution is -2.37. The molecule has 19 heavy (non-hydrogen) atoms. The molecule has 0 saturated carbocycles. The molecule has 2 unspecified atom stereocenters. The Bertz CT molecular complexity index is 534. The summed E-state index contributed by atoms with van der Waals surface area (Å²) in [6.07, 6.45) is 0. The van der Waals surface area contributed by atoms with E-state index in [1.165, 1.54) is 16.3 Å². The molecule has 0 aliphatic rings. The van der Waals surface area contributed by atoms with Crippen molar-refractivity contribution in [1.82, 2.24) is 10.2 Å². The minimum Gasteiger partial charge on any atom is -0.308 e. The maximum absolute atomic E-state index is 3.65. The maximum Gasteiger partial charge on any atom is 0.0294 e. The maximum atomic E-state index is 3.65. The van der Waals surface area contributed by atoms with Gasteiger partial charge in [0.25, 0.3) is 0 Å². The van der Waals surface area contributed by atoms with E-state index in [0.717, 1.165) is 6.54 Å². The molecule has 0 saturated heterocycles. The highest BCUT2D eigenvalue weighted by molar-refractivity contribution is 5.83. The lowest BCUT2D eigenvalue weighted by atomic mass is 10.0. The first-order valence-electron chi connectivity index (χ1n) is 6.96. The molecule has 0 aliphatic carbocycles. The van der Waals surface area contributed by atoms with Crippen molar-refractivity contribution in [3.63, 3.8) is 0 Å². The van der Waals surface area contributed by atoms with Crippen molar-refractivity contribution in [2.24, 2.45) is 0 Å². The van der Waals surface area contributed by atoms with Crippen LogP contribution in [0.15, 0.2) is 42.5 Å². The third-order valence-electron chi connectivity index (χ3n) is 3.45. The van der Waals surface area contributed by atoms with Crippen molar-refractivity contribution in [3.8, 4) is 0 Å². The summed E-state index contributed by atoms with van der Waals surface area (Å²) in [6.45, 7) is 5.52. The molecule has 0 aromatic heterocycles. The second kappa shape index (κ2) is 6.18. The van der Waals surface area contributed by atoms with Crippen LogP contribution in [0.3, 0.4) is 0 Å². The summed E-state index contributed by atoms with van der Waals surface area (Å²) < 4.78 is 0. The number of benzene rings is 2. The zero-order valence-corrected chi connectivity index (χ0v) is 12.4. The first-order chi connectivity index (χ1) is 9.06. The van der Waals surface area contributed by atoms with Gasteiger partial charge in [-0.3, -0.25) is 0 Å². The fourth-order valence-electron chi connectivity index (χ4n) is 2.60. The molecule has 2 atom stereocenters. The smallest absolute Gasteiger partial charge is 0.0294 e. The summed E-state index contributed by atoms with van der Waals surface area (Å²) in [7, 11) is 4.22. The molecule has 2 aromatic rings. The molecule has 2 nitrogen and oxygen atoms in total. The van der Waals surface area contributed by atoms with Gasteiger partial charge in [-0.05, 0) is 50.3 Å². The van der Waals surface area contributed by atoms with Crippen LogP contribution in [0.25, 0.3) is 10.8 Å². The van der Waals surface area contributed by atoms with Crippen LogP contribution in [-0.4, -0.2) is 31.6 Å². The number of hydrogen-bond acceptors (Lipinski definition) is 2. The quantitative estimate of drug-likeness (QED) is 0.881. The average Bonchev–Trinajstić information content (AvgIpc) is 2.37. The number of nitrogens with one attached hydrogen (secondary N) is 1. The van der Waals surface area contributed by atoms with Crippen LogP contribution in [0.4, 0.5) is 0 Å². The van der Waals surface area contributed by atoms with Crippen LogP contribution >= 0.6 is 0 Å². The molecule has 0 aliphatic heterocycles. The summed E-state index contributed by atoms with van der Waals surface area (Å²) in [4.78, 5) is 2.21. The standard InChI is InChI=1S/C17H24N2/c1-13(12-19(3)4)18-14(2)16-10-9-15-7-5-6-8-17(15)11-16/h5-11,13-14,18H,12H2,1-4H3. The van der Waals surface area contributed by atoms with E-state index < -0.39 is 0 Å². The zero-order chi connectivity index (χ0) is 13.8. The van der Waals surface area contributed by atoms with Crippen LogP contribution in [0.1, 0.15) is 25.5 Å². The first-order valence-corrected chi connectivity index (χ1v) is 6.96. The Balaban J connectivity index is 2.10. The van der Waals surface area contributed by atoms with Crippen molar-refractivity contribution in [1.29, 1.82) is 0 Å². The molecule has 102 valence electrons. The van der Waals surface area contributed by atoms with Crippen molar-refractivity contribution >= 4 is 10.8 Å². The predicted octanol–water partition coefficient (Wildman–Crippen LogP) is 3.44. The van der Waals surface area contributed by atoms with E-state index in [0.29, 0.717) is 12.1 Å². The van der Waals surface area contributed by atoms with Crippen molar-refractivity contribution < 1.29 is 0 Å². The Labute approximate surface area is 116 Å². The number of fused-ring (bicyclic) bond motifs is 1. The van der Waals surface area contributed by atoms with Gasteiger partial charge in [0.1, 0.15) is 0 Å².